The van der Waals surface area contributed by atoms with Crippen molar-refractivity contribution in [2.45, 2.75) is 110 Å². The van der Waals surface area contributed by atoms with Crippen LogP contribution in [-0.4, -0.2) is 83.6 Å². The minimum Gasteiger partial charge on any atom is -0.444 e. The van der Waals surface area contributed by atoms with Gasteiger partial charge in [0.25, 0.3) is 0 Å². The number of hydrogen-bond donors (Lipinski definition) is 2. The number of likely N-dealkylation sites (N-methyl/N-ethyl adjacent to an activating group) is 2. The zero-order valence-electron chi connectivity index (χ0n) is 32.4. The Balaban J connectivity index is 0.00000110. The van der Waals surface area contributed by atoms with Gasteiger partial charge in [0.15, 0.2) is 0 Å². The Labute approximate surface area is 309 Å². The number of ether oxygens (including phenoxy) is 2. The molecule has 3 aromatic rings. The molecule has 3 atom stereocenters. The maximum Gasteiger partial charge on any atom is 0.408 e. The van der Waals surface area contributed by atoms with E-state index >= 15 is 0 Å². The van der Waals surface area contributed by atoms with Gasteiger partial charge >= 0.3 is 6.09 Å². The van der Waals surface area contributed by atoms with E-state index in [1.165, 1.54) is 28.7 Å². The summed E-state index contributed by atoms with van der Waals surface area (Å²) in [7, 11) is 3.14. The Morgan fingerprint density at radius 2 is 1.50 bits per heavy atom. The summed E-state index contributed by atoms with van der Waals surface area (Å²) >= 11 is 0. The van der Waals surface area contributed by atoms with Crippen molar-refractivity contribution in [3.05, 3.63) is 95.6 Å². The summed E-state index contributed by atoms with van der Waals surface area (Å²) in [6.07, 6.45) is 4.86. The number of nitrogens with one attached hydrogen (secondary N) is 1. The zero-order valence-corrected chi connectivity index (χ0v) is 32.4. The quantitative estimate of drug-likeness (QED) is 0.204. The smallest absolute Gasteiger partial charge is 0.408 e. The fourth-order valence-electron chi connectivity index (χ4n) is 6.21. The molecule has 0 spiro atoms. The van der Waals surface area contributed by atoms with E-state index in [1.54, 1.807) is 41.8 Å². The van der Waals surface area contributed by atoms with Crippen LogP contribution in [0.15, 0.2) is 84.4 Å². The van der Waals surface area contributed by atoms with Gasteiger partial charge in [-0.2, -0.15) is 0 Å². The van der Waals surface area contributed by atoms with Crippen molar-refractivity contribution in [3.8, 4) is 0 Å². The van der Waals surface area contributed by atoms with E-state index in [2.05, 4.69) is 12.2 Å². The maximum atomic E-state index is 14.2. The van der Waals surface area contributed by atoms with Crippen molar-refractivity contribution in [1.82, 2.24) is 15.1 Å². The second kappa shape index (κ2) is 18.7. The second-order valence-corrected chi connectivity index (χ2v) is 15.4. The molecule has 0 aromatic heterocycles. The number of hydrogen-bond acceptors (Lipinski definition) is 6. The van der Waals surface area contributed by atoms with Crippen LogP contribution in [0.2, 0.25) is 0 Å². The normalized spacial score (nSPS) is 15.9. The van der Waals surface area contributed by atoms with Crippen LogP contribution in [0.3, 0.4) is 0 Å². The number of nitrogens with two attached hydrogens (primary N) is 1. The van der Waals surface area contributed by atoms with Crippen LogP contribution in [0.4, 0.5) is 4.79 Å². The number of primary amides is 1. The van der Waals surface area contributed by atoms with Crippen LogP contribution >= 0.6 is 0 Å². The topological polar surface area (TPSA) is 131 Å². The number of carbonyl (C=O) groups is 4. The van der Waals surface area contributed by atoms with Crippen molar-refractivity contribution >= 4 is 34.6 Å². The van der Waals surface area contributed by atoms with Gasteiger partial charge in [0.2, 0.25) is 17.7 Å². The summed E-state index contributed by atoms with van der Waals surface area (Å²) in [6.45, 7) is 14.0. The lowest BCUT2D eigenvalue weighted by atomic mass is 9.95. The van der Waals surface area contributed by atoms with Gasteiger partial charge in [0, 0.05) is 45.2 Å². The molecule has 10 heteroatoms. The fraction of sp³-hybridized carbons (Fsp3) is 0.476. The molecule has 4 rings (SSSR count). The Kier molecular flexibility index (Phi) is 15.0. The van der Waals surface area contributed by atoms with E-state index < -0.39 is 41.1 Å². The highest BCUT2D eigenvalue weighted by atomic mass is 16.6. The Morgan fingerprint density at radius 1 is 0.885 bits per heavy atom. The highest BCUT2D eigenvalue weighted by molar-refractivity contribution is 5.95. The van der Waals surface area contributed by atoms with Crippen molar-refractivity contribution in [3.63, 3.8) is 0 Å². The molecule has 1 saturated heterocycles. The van der Waals surface area contributed by atoms with E-state index in [-0.39, 0.29) is 18.7 Å². The number of rotatable bonds is 12. The number of amides is 4. The lowest BCUT2D eigenvalue weighted by Crippen LogP contribution is -2.55. The van der Waals surface area contributed by atoms with Gasteiger partial charge in [-0.1, -0.05) is 78.4 Å². The number of alkyl carbamates (subject to hydrolysis) is 1. The van der Waals surface area contributed by atoms with Crippen molar-refractivity contribution in [2.75, 3.05) is 20.7 Å². The predicted molar refractivity (Wildman–Crippen MR) is 207 cm³/mol. The molecular formula is C42H58N4O6. The molecule has 1 aliphatic heterocycles. The van der Waals surface area contributed by atoms with Crippen LogP contribution in [-0.2, 0) is 36.7 Å². The molecular weight excluding hydrogens is 656 g/mol. The average molecular weight is 715 g/mol. The van der Waals surface area contributed by atoms with Gasteiger partial charge in [0.05, 0.1) is 6.10 Å². The molecule has 0 aliphatic carbocycles. The molecule has 52 heavy (non-hydrogen) atoms. The fourth-order valence-corrected chi connectivity index (χ4v) is 6.21. The number of fused-ring (bicyclic) bond motifs is 1. The summed E-state index contributed by atoms with van der Waals surface area (Å²) in [5, 5.41) is 4.94. The van der Waals surface area contributed by atoms with Crippen LogP contribution in [0.5, 0.6) is 0 Å². The first-order valence-electron chi connectivity index (χ1n) is 18.0. The van der Waals surface area contributed by atoms with Gasteiger partial charge < -0.3 is 30.3 Å². The maximum absolute atomic E-state index is 14.2. The van der Waals surface area contributed by atoms with E-state index in [1.807, 2.05) is 86.6 Å². The van der Waals surface area contributed by atoms with E-state index in [4.69, 9.17) is 15.2 Å². The largest absolute Gasteiger partial charge is 0.444 e. The van der Waals surface area contributed by atoms with Crippen LogP contribution in [0, 0.1) is 0 Å². The van der Waals surface area contributed by atoms with Gasteiger partial charge in [0.1, 0.15) is 17.7 Å². The number of carbonyl (C=O) groups excluding carboxylic acids is 4. The third-order valence-electron chi connectivity index (χ3n) is 8.85. The molecule has 0 bridgehead atoms. The molecule has 1 aliphatic rings. The lowest BCUT2D eigenvalue weighted by Gasteiger charge is -2.34. The SMILES string of the molecule is C/C(=C\C(=O)N(C)[C@H](Cc1ccc2ccccc2c1)C(=O)N(C)[C@H](Cc1ccccc1)C(N)=O)CC(C)(C)NC(=O)OC(C)(C)C.CC1CCCO1. The highest BCUT2D eigenvalue weighted by Crippen LogP contribution is 2.22. The van der Waals surface area contributed by atoms with Gasteiger partial charge in [-0.05, 0) is 89.6 Å². The Bertz CT molecular complexity index is 1690. The average Bonchev–Trinajstić information content (AvgIpc) is 3.54. The molecule has 282 valence electrons. The van der Waals surface area contributed by atoms with Crippen LogP contribution in [0.1, 0.15) is 78.9 Å². The zero-order chi connectivity index (χ0) is 38.6. The lowest BCUT2D eigenvalue weighted by molar-refractivity contribution is -0.145. The van der Waals surface area contributed by atoms with E-state index in [9.17, 15) is 19.2 Å². The summed E-state index contributed by atoms with van der Waals surface area (Å²) in [5.41, 5.74) is 6.91. The minimum atomic E-state index is -0.923. The summed E-state index contributed by atoms with van der Waals surface area (Å²) < 4.78 is 10.5. The van der Waals surface area contributed by atoms with Crippen LogP contribution in [0.25, 0.3) is 10.8 Å². The van der Waals surface area contributed by atoms with E-state index in [0.717, 1.165) is 28.5 Å². The van der Waals surface area contributed by atoms with Gasteiger partial charge in [-0.25, -0.2) is 4.79 Å². The summed E-state index contributed by atoms with van der Waals surface area (Å²) in [6, 6.07) is 21.4. The molecule has 4 amide bonds. The molecule has 1 heterocycles. The summed E-state index contributed by atoms with van der Waals surface area (Å²) in [4.78, 5) is 55.6. The Morgan fingerprint density at radius 3 is 2.06 bits per heavy atom. The first-order chi connectivity index (χ1) is 24.3. The number of benzene rings is 3. The van der Waals surface area contributed by atoms with Crippen molar-refractivity contribution in [1.29, 1.82) is 0 Å². The highest BCUT2D eigenvalue weighted by Gasteiger charge is 2.34. The number of nitrogens with zero attached hydrogens (tertiary/aromatic N) is 2. The monoisotopic (exact) mass is 714 g/mol. The standard InChI is InChI=1S/C37H48N4O5.C5H10O/c1-25(24-37(5,6)39-35(45)46-36(2,3)4)20-32(42)40(7)31(23-27-18-19-28-16-12-13-17-29(28)21-27)34(44)41(8)30(33(38)43)22-26-14-10-9-11-15-26;1-5-3-2-4-6-5/h9-21,30-31H,22-24H2,1-8H3,(H2,38,43)(H,39,45);5H,2-4H2,1H3/b25-20+;/t30-,31-;/m1./s1. The molecule has 3 aromatic carbocycles. The Hall–Kier alpha value is -4.70. The van der Waals surface area contributed by atoms with Gasteiger partial charge in [-0.3, -0.25) is 14.4 Å². The molecule has 1 unspecified atom stereocenters. The minimum absolute atomic E-state index is 0.228. The first-order valence-corrected chi connectivity index (χ1v) is 18.0. The van der Waals surface area contributed by atoms with Crippen molar-refractivity contribution in [2.24, 2.45) is 5.73 Å². The predicted octanol–water partition coefficient (Wildman–Crippen LogP) is 6.59. The molecule has 0 radical (unpaired) electrons. The third-order valence-corrected chi connectivity index (χ3v) is 8.85. The molecule has 10 nitrogen and oxygen atoms in total. The third kappa shape index (κ3) is 13.5. The first kappa shape index (κ1) is 41.7. The second-order valence-electron chi connectivity index (χ2n) is 15.4. The van der Waals surface area contributed by atoms with Crippen molar-refractivity contribution < 1.29 is 28.7 Å². The van der Waals surface area contributed by atoms with Crippen LogP contribution < -0.4 is 11.1 Å². The summed E-state index contributed by atoms with van der Waals surface area (Å²) in [5.74, 6) is -1.41. The molecule has 3 N–H and O–H groups in total. The molecule has 0 saturated carbocycles. The van der Waals surface area contributed by atoms with E-state index in [0.29, 0.717) is 18.1 Å². The van der Waals surface area contributed by atoms with Gasteiger partial charge in [-0.15, -0.1) is 0 Å². The molecule has 1 fully saturated rings.